The van der Waals surface area contributed by atoms with Gasteiger partial charge in [0.15, 0.2) is 5.82 Å². The lowest BCUT2D eigenvalue weighted by Gasteiger charge is -2.16. The maximum absolute atomic E-state index is 4.43. The van der Waals surface area contributed by atoms with Crippen molar-refractivity contribution in [3.05, 3.63) is 36.4 Å². The third-order valence-electron chi connectivity index (χ3n) is 3.36. The van der Waals surface area contributed by atoms with Gasteiger partial charge in [-0.2, -0.15) is 0 Å². The molecular weight excluding hydrogens is 240 g/mol. The van der Waals surface area contributed by atoms with Gasteiger partial charge in [-0.25, -0.2) is 0 Å². The molecular formula is C13H12N6. The molecule has 0 saturated heterocycles. The third kappa shape index (κ3) is 1.61. The molecule has 1 N–H and O–H groups in total. The molecule has 19 heavy (non-hydrogen) atoms. The fourth-order valence-electron chi connectivity index (χ4n) is 2.46. The van der Waals surface area contributed by atoms with Crippen LogP contribution in [0.4, 0.5) is 0 Å². The molecule has 4 rings (SSSR count). The Bertz CT molecular complexity index is 742. The molecule has 1 aliphatic heterocycles. The van der Waals surface area contributed by atoms with Crippen LogP contribution in [-0.2, 0) is 13.1 Å². The molecule has 1 aliphatic rings. The average Bonchev–Trinajstić information content (AvgIpc) is 2.90. The van der Waals surface area contributed by atoms with Crippen LogP contribution in [0.15, 0.2) is 30.6 Å². The fraction of sp³-hybridized carbons (Fsp3) is 0.231. The largest absolute Gasteiger partial charge is 0.309 e. The Morgan fingerprint density at radius 2 is 2.05 bits per heavy atom. The lowest BCUT2D eigenvalue weighted by atomic mass is 10.1. The summed E-state index contributed by atoms with van der Waals surface area (Å²) in [6, 6.07) is 5.96. The van der Waals surface area contributed by atoms with Gasteiger partial charge in [-0.05, 0) is 12.1 Å². The number of aromatic nitrogens is 5. The number of hydrogen-bond donors (Lipinski definition) is 1. The lowest BCUT2D eigenvalue weighted by Crippen LogP contribution is -2.28. The van der Waals surface area contributed by atoms with E-state index in [1.165, 1.54) is 0 Å². The number of nitrogens with zero attached hydrogens (tertiary/aromatic N) is 5. The van der Waals surface area contributed by atoms with Gasteiger partial charge in [0.2, 0.25) is 0 Å². The molecule has 0 fully saturated rings. The van der Waals surface area contributed by atoms with E-state index < -0.39 is 0 Å². The van der Waals surface area contributed by atoms with Crippen LogP contribution in [0.25, 0.3) is 22.4 Å². The molecule has 0 saturated carbocycles. The van der Waals surface area contributed by atoms with Crippen molar-refractivity contribution in [2.75, 3.05) is 6.54 Å². The van der Waals surface area contributed by atoms with Gasteiger partial charge in [0, 0.05) is 31.0 Å². The first kappa shape index (κ1) is 10.6. The summed E-state index contributed by atoms with van der Waals surface area (Å²) in [7, 11) is 0. The van der Waals surface area contributed by atoms with Gasteiger partial charge in [0.1, 0.15) is 5.82 Å². The standard InChI is InChI=1S/C13H12N6/c1-2-9(12-10(3-1)15-4-5-16-12)13-18-17-11-8-14-6-7-19(11)13/h1-5,14H,6-8H2. The van der Waals surface area contributed by atoms with Crippen molar-refractivity contribution in [1.82, 2.24) is 30.0 Å². The van der Waals surface area contributed by atoms with E-state index in [2.05, 4.69) is 30.0 Å². The van der Waals surface area contributed by atoms with Gasteiger partial charge in [0.05, 0.1) is 17.6 Å². The number of hydrogen-bond acceptors (Lipinski definition) is 5. The summed E-state index contributed by atoms with van der Waals surface area (Å²) in [5.74, 6) is 1.85. The van der Waals surface area contributed by atoms with Crippen LogP contribution in [0.3, 0.4) is 0 Å². The maximum Gasteiger partial charge on any atom is 0.166 e. The smallest absolute Gasteiger partial charge is 0.166 e. The van der Waals surface area contributed by atoms with Crippen molar-refractivity contribution < 1.29 is 0 Å². The zero-order chi connectivity index (χ0) is 12.7. The SMILES string of the molecule is c1cc(-c2nnc3n2CCNC3)c2nccnc2c1. The topological polar surface area (TPSA) is 68.5 Å². The van der Waals surface area contributed by atoms with E-state index in [0.717, 1.165) is 47.9 Å². The number of para-hydroxylation sites is 1. The second kappa shape index (κ2) is 4.10. The molecule has 6 nitrogen and oxygen atoms in total. The minimum atomic E-state index is 0.767. The normalized spacial score (nSPS) is 14.5. The minimum Gasteiger partial charge on any atom is -0.309 e. The molecule has 0 spiro atoms. The molecule has 0 bridgehead atoms. The van der Waals surface area contributed by atoms with E-state index in [0.29, 0.717) is 0 Å². The van der Waals surface area contributed by atoms with Crippen molar-refractivity contribution in [3.63, 3.8) is 0 Å². The highest BCUT2D eigenvalue weighted by molar-refractivity contribution is 5.89. The Balaban J connectivity index is 1.98. The number of fused-ring (bicyclic) bond motifs is 2. The van der Waals surface area contributed by atoms with Crippen LogP contribution in [0.1, 0.15) is 5.82 Å². The van der Waals surface area contributed by atoms with Crippen LogP contribution >= 0.6 is 0 Å². The zero-order valence-corrected chi connectivity index (χ0v) is 10.2. The van der Waals surface area contributed by atoms with E-state index in [9.17, 15) is 0 Å². The van der Waals surface area contributed by atoms with Crippen molar-refractivity contribution in [3.8, 4) is 11.4 Å². The van der Waals surface area contributed by atoms with E-state index in [4.69, 9.17) is 0 Å². The Labute approximate surface area is 109 Å². The quantitative estimate of drug-likeness (QED) is 0.699. The van der Waals surface area contributed by atoms with Gasteiger partial charge in [-0.1, -0.05) is 6.07 Å². The predicted octanol–water partition coefficient (Wildman–Crippen LogP) is 0.991. The van der Waals surface area contributed by atoms with Crippen LogP contribution in [0.2, 0.25) is 0 Å². The maximum atomic E-state index is 4.43. The average molecular weight is 252 g/mol. The van der Waals surface area contributed by atoms with Gasteiger partial charge < -0.3 is 9.88 Å². The van der Waals surface area contributed by atoms with E-state index in [1.807, 2.05) is 18.2 Å². The Kier molecular flexibility index (Phi) is 2.28. The first-order valence-corrected chi connectivity index (χ1v) is 6.26. The third-order valence-corrected chi connectivity index (χ3v) is 3.36. The second-order valence-corrected chi connectivity index (χ2v) is 4.50. The Morgan fingerprint density at radius 3 is 3.05 bits per heavy atom. The lowest BCUT2D eigenvalue weighted by molar-refractivity contribution is 0.508. The molecule has 3 aromatic rings. The molecule has 1 aromatic carbocycles. The predicted molar refractivity (Wildman–Crippen MR) is 70.3 cm³/mol. The van der Waals surface area contributed by atoms with Crippen molar-refractivity contribution in [1.29, 1.82) is 0 Å². The summed E-state index contributed by atoms with van der Waals surface area (Å²) in [5.41, 5.74) is 2.75. The molecule has 2 aromatic heterocycles. The first-order chi connectivity index (χ1) is 9.43. The first-order valence-electron chi connectivity index (χ1n) is 6.26. The summed E-state index contributed by atoms with van der Waals surface area (Å²) in [6.07, 6.45) is 3.41. The van der Waals surface area contributed by atoms with E-state index in [-0.39, 0.29) is 0 Å². The molecule has 6 heteroatoms. The molecule has 3 heterocycles. The van der Waals surface area contributed by atoms with Crippen molar-refractivity contribution in [2.45, 2.75) is 13.1 Å². The second-order valence-electron chi connectivity index (χ2n) is 4.50. The molecule has 0 radical (unpaired) electrons. The summed E-state index contributed by atoms with van der Waals surface area (Å²) in [6.45, 7) is 2.59. The fourth-order valence-corrected chi connectivity index (χ4v) is 2.46. The van der Waals surface area contributed by atoms with Crippen LogP contribution in [-0.4, -0.2) is 31.3 Å². The molecule has 0 amide bonds. The Morgan fingerprint density at radius 1 is 1.11 bits per heavy atom. The van der Waals surface area contributed by atoms with Crippen molar-refractivity contribution >= 4 is 11.0 Å². The molecule has 94 valence electrons. The van der Waals surface area contributed by atoms with E-state index in [1.54, 1.807) is 12.4 Å². The number of benzene rings is 1. The van der Waals surface area contributed by atoms with Gasteiger partial charge in [-0.15, -0.1) is 10.2 Å². The Hall–Kier alpha value is -2.34. The summed E-state index contributed by atoms with van der Waals surface area (Å²) < 4.78 is 2.15. The van der Waals surface area contributed by atoms with E-state index >= 15 is 0 Å². The summed E-state index contributed by atoms with van der Waals surface area (Å²) >= 11 is 0. The summed E-state index contributed by atoms with van der Waals surface area (Å²) in [5, 5.41) is 11.9. The highest BCUT2D eigenvalue weighted by atomic mass is 15.3. The molecule has 0 aliphatic carbocycles. The van der Waals surface area contributed by atoms with Crippen LogP contribution < -0.4 is 5.32 Å². The summed E-state index contributed by atoms with van der Waals surface area (Å²) in [4.78, 5) is 8.76. The number of nitrogens with one attached hydrogen (secondary N) is 1. The van der Waals surface area contributed by atoms with Gasteiger partial charge >= 0.3 is 0 Å². The number of rotatable bonds is 1. The van der Waals surface area contributed by atoms with Crippen LogP contribution in [0, 0.1) is 0 Å². The van der Waals surface area contributed by atoms with Crippen molar-refractivity contribution in [2.24, 2.45) is 0 Å². The highest BCUT2D eigenvalue weighted by Crippen LogP contribution is 2.25. The highest BCUT2D eigenvalue weighted by Gasteiger charge is 2.18. The molecule has 0 atom stereocenters. The monoisotopic (exact) mass is 252 g/mol. The zero-order valence-electron chi connectivity index (χ0n) is 10.2. The van der Waals surface area contributed by atoms with Gasteiger partial charge in [0.25, 0.3) is 0 Å². The van der Waals surface area contributed by atoms with Gasteiger partial charge in [-0.3, -0.25) is 9.97 Å². The minimum absolute atomic E-state index is 0.767. The van der Waals surface area contributed by atoms with Crippen LogP contribution in [0.5, 0.6) is 0 Å². The molecule has 0 unspecified atom stereocenters.